The Kier molecular flexibility index (Phi) is 7.45. The van der Waals surface area contributed by atoms with E-state index in [9.17, 15) is 4.79 Å². The van der Waals surface area contributed by atoms with Gasteiger partial charge in [-0.05, 0) is 35.0 Å². The molecule has 0 fully saturated rings. The number of benzene rings is 1. The summed E-state index contributed by atoms with van der Waals surface area (Å²) in [6.07, 6.45) is 3.85. The standard InChI is InChI=1S/C17H25NOS/c1-17(2,3)14-18-16(19)11-13-20-12-7-10-15-8-5-4-6-9-15/h4-6,8-9,11,13H,7,10,12,14H2,1-3H3,(H,18,19)/b13-11-. The van der Waals surface area contributed by atoms with Crippen LogP contribution in [-0.4, -0.2) is 18.2 Å². The third-order valence-corrected chi connectivity index (χ3v) is 3.53. The highest BCUT2D eigenvalue weighted by Crippen LogP contribution is 2.11. The average Bonchev–Trinajstić information content (AvgIpc) is 2.41. The van der Waals surface area contributed by atoms with Gasteiger partial charge in [-0.2, -0.15) is 0 Å². The number of hydrogen-bond donors (Lipinski definition) is 1. The normalized spacial score (nSPS) is 11.8. The number of rotatable bonds is 7. The molecule has 1 N–H and O–H groups in total. The van der Waals surface area contributed by atoms with Gasteiger partial charge in [0.05, 0.1) is 0 Å². The molecule has 20 heavy (non-hydrogen) atoms. The Balaban J connectivity index is 2.08. The lowest BCUT2D eigenvalue weighted by Gasteiger charge is -2.17. The maximum absolute atomic E-state index is 11.5. The molecule has 0 radical (unpaired) electrons. The van der Waals surface area contributed by atoms with Gasteiger partial charge in [-0.3, -0.25) is 4.79 Å². The van der Waals surface area contributed by atoms with Crippen molar-refractivity contribution in [1.29, 1.82) is 0 Å². The van der Waals surface area contributed by atoms with Gasteiger partial charge in [0.15, 0.2) is 0 Å². The van der Waals surface area contributed by atoms with E-state index in [1.165, 1.54) is 5.56 Å². The number of aryl methyl sites for hydroxylation is 1. The van der Waals surface area contributed by atoms with Crippen LogP contribution in [0.25, 0.3) is 0 Å². The van der Waals surface area contributed by atoms with Crippen LogP contribution in [0.15, 0.2) is 41.8 Å². The first-order valence-corrected chi connectivity index (χ1v) is 8.12. The van der Waals surface area contributed by atoms with E-state index >= 15 is 0 Å². The lowest BCUT2D eigenvalue weighted by atomic mass is 9.97. The van der Waals surface area contributed by atoms with Crippen LogP contribution in [0.1, 0.15) is 32.8 Å². The van der Waals surface area contributed by atoms with Crippen LogP contribution >= 0.6 is 11.8 Å². The molecule has 1 aromatic carbocycles. The summed E-state index contributed by atoms with van der Waals surface area (Å²) >= 11 is 1.69. The largest absolute Gasteiger partial charge is 0.352 e. The molecule has 0 unspecified atom stereocenters. The number of carbonyl (C=O) groups excluding carboxylic acids is 1. The smallest absolute Gasteiger partial charge is 0.244 e. The van der Waals surface area contributed by atoms with Crippen LogP contribution in [-0.2, 0) is 11.2 Å². The van der Waals surface area contributed by atoms with Gasteiger partial charge in [-0.1, -0.05) is 51.1 Å². The molecule has 0 atom stereocenters. The van der Waals surface area contributed by atoms with E-state index in [-0.39, 0.29) is 11.3 Å². The first-order valence-electron chi connectivity index (χ1n) is 7.07. The minimum absolute atomic E-state index is 0.00418. The summed E-state index contributed by atoms with van der Waals surface area (Å²) in [5, 5.41) is 4.79. The molecule has 110 valence electrons. The summed E-state index contributed by atoms with van der Waals surface area (Å²) in [7, 11) is 0. The fourth-order valence-electron chi connectivity index (χ4n) is 1.59. The minimum atomic E-state index is -0.00418. The Bertz CT molecular complexity index is 420. The fraction of sp³-hybridized carbons (Fsp3) is 0.471. The van der Waals surface area contributed by atoms with Crippen molar-refractivity contribution < 1.29 is 4.79 Å². The molecule has 0 saturated heterocycles. The third kappa shape index (κ3) is 8.81. The fourth-order valence-corrected chi connectivity index (χ4v) is 2.26. The molecule has 0 aliphatic carbocycles. The van der Waals surface area contributed by atoms with Crippen molar-refractivity contribution in [2.24, 2.45) is 5.41 Å². The molecule has 0 heterocycles. The molecule has 0 aliphatic heterocycles. The van der Waals surface area contributed by atoms with Crippen LogP contribution in [0.4, 0.5) is 0 Å². The Hall–Kier alpha value is -1.22. The van der Waals surface area contributed by atoms with E-state index in [1.54, 1.807) is 17.8 Å². The molecule has 0 aromatic heterocycles. The highest BCUT2D eigenvalue weighted by atomic mass is 32.2. The zero-order chi connectivity index (χ0) is 14.8. The van der Waals surface area contributed by atoms with Crippen LogP contribution in [0.5, 0.6) is 0 Å². The maximum atomic E-state index is 11.5. The van der Waals surface area contributed by atoms with E-state index in [2.05, 4.69) is 50.4 Å². The van der Waals surface area contributed by atoms with Gasteiger partial charge >= 0.3 is 0 Å². The quantitative estimate of drug-likeness (QED) is 0.607. The second-order valence-corrected chi connectivity index (χ2v) is 7.05. The second kappa shape index (κ2) is 8.85. The predicted molar refractivity (Wildman–Crippen MR) is 88.8 cm³/mol. The summed E-state index contributed by atoms with van der Waals surface area (Å²) in [6, 6.07) is 10.5. The molecule has 1 aromatic rings. The van der Waals surface area contributed by atoms with Crippen molar-refractivity contribution in [1.82, 2.24) is 5.32 Å². The van der Waals surface area contributed by atoms with Gasteiger partial charge in [0.25, 0.3) is 0 Å². The maximum Gasteiger partial charge on any atom is 0.244 e. The van der Waals surface area contributed by atoms with E-state index in [0.29, 0.717) is 6.54 Å². The molecule has 1 amide bonds. The van der Waals surface area contributed by atoms with Gasteiger partial charge in [0.2, 0.25) is 5.91 Å². The lowest BCUT2D eigenvalue weighted by molar-refractivity contribution is -0.116. The zero-order valence-corrected chi connectivity index (χ0v) is 13.5. The highest BCUT2D eigenvalue weighted by molar-refractivity contribution is 8.02. The monoisotopic (exact) mass is 291 g/mol. The van der Waals surface area contributed by atoms with Crippen molar-refractivity contribution in [3.05, 3.63) is 47.4 Å². The molecule has 2 nitrogen and oxygen atoms in total. The molecule has 0 bridgehead atoms. The first-order chi connectivity index (χ1) is 9.47. The highest BCUT2D eigenvalue weighted by Gasteiger charge is 2.10. The molecule has 0 spiro atoms. The van der Waals surface area contributed by atoms with E-state index in [1.807, 2.05) is 11.5 Å². The average molecular weight is 291 g/mol. The van der Waals surface area contributed by atoms with Gasteiger partial charge in [-0.25, -0.2) is 0 Å². The molecule has 3 heteroatoms. The molecular formula is C17H25NOS. The van der Waals surface area contributed by atoms with Crippen LogP contribution in [0.2, 0.25) is 0 Å². The van der Waals surface area contributed by atoms with Crippen LogP contribution in [0, 0.1) is 5.41 Å². The summed E-state index contributed by atoms with van der Waals surface area (Å²) in [5.74, 6) is 1.04. The number of thioether (sulfide) groups is 1. The summed E-state index contributed by atoms with van der Waals surface area (Å²) in [5.41, 5.74) is 1.51. The zero-order valence-electron chi connectivity index (χ0n) is 12.7. The van der Waals surface area contributed by atoms with Crippen LogP contribution < -0.4 is 5.32 Å². The van der Waals surface area contributed by atoms with Gasteiger partial charge in [0, 0.05) is 12.6 Å². The molecular weight excluding hydrogens is 266 g/mol. The van der Waals surface area contributed by atoms with Crippen molar-refractivity contribution in [3.63, 3.8) is 0 Å². The predicted octanol–water partition coefficient (Wildman–Crippen LogP) is 4.03. The summed E-state index contributed by atoms with van der Waals surface area (Å²) in [4.78, 5) is 11.5. The topological polar surface area (TPSA) is 29.1 Å². The van der Waals surface area contributed by atoms with Gasteiger partial charge in [0.1, 0.15) is 0 Å². The number of carbonyl (C=O) groups is 1. The summed E-state index contributed by atoms with van der Waals surface area (Å²) in [6.45, 7) is 7.02. The number of amides is 1. The van der Waals surface area contributed by atoms with E-state index in [0.717, 1.165) is 18.6 Å². The second-order valence-electron chi connectivity index (χ2n) is 6.04. The van der Waals surface area contributed by atoms with E-state index in [4.69, 9.17) is 0 Å². The SMILES string of the molecule is CC(C)(C)CNC(=O)/C=C\SCCCc1ccccc1. The minimum Gasteiger partial charge on any atom is -0.352 e. The van der Waals surface area contributed by atoms with Crippen molar-refractivity contribution in [3.8, 4) is 0 Å². The Labute approximate surface area is 127 Å². The molecule has 1 rings (SSSR count). The Morgan fingerprint density at radius 1 is 1.25 bits per heavy atom. The van der Waals surface area contributed by atoms with Gasteiger partial charge < -0.3 is 5.32 Å². The first kappa shape index (κ1) is 16.8. The molecule has 0 aliphatic rings. The number of hydrogen-bond acceptors (Lipinski definition) is 2. The Morgan fingerprint density at radius 2 is 1.95 bits per heavy atom. The molecule has 0 saturated carbocycles. The van der Waals surface area contributed by atoms with Gasteiger partial charge in [-0.15, -0.1) is 11.8 Å². The van der Waals surface area contributed by atoms with Crippen molar-refractivity contribution >= 4 is 17.7 Å². The summed E-state index contributed by atoms with van der Waals surface area (Å²) < 4.78 is 0. The number of nitrogens with one attached hydrogen (secondary N) is 1. The van der Waals surface area contributed by atoms with Crippen LogP contribution in [0.3, 0.4) is 0 Å². The lowest BCUT2D eigenvalue weighted by Crippen LogP contribution is -2.30. The van der Waals surface area contributed by atoms with E-state index < -0.39 is 0 Å². The Morgan fingerprint density at radius 3 is 2.60 bits per heavy atom. The van der Waals surface area contributed by atoms with Crippen molar-refractivity contribution in [2.75, 3.05) is 12.3 Å². The van der Waals surface area contributed by atoms with Crippen molar-refractivity contribution in [2.45, 2.75) is 33.6 Å². The third-order valence-electron chi connectivity index (χ3n) is 2.68.